The van der Waals surface area contributed by atoms with Crippen molar-refractivity contribution in [2.75, 3.05) is 4.72 Å². The van der Waals surface area contributed by atoms with Crippen LogP contribution in [-0.2, 0) is 10.0 Å². The Labute approximate surface area is 134 Å². The highest BCUT2D eigenvalue weighted by Gasteiger charge is 2.20. The molecule has 0 amide bonds. The molecule has 2 aromatic rings. The van der Waals surface area contributed by atoms with E-state index in [0.29, 0.717) is 10.4 Å². The molecule has 0 atom stereocenters. The van der Waals surface area contributed by atoms with Crippen LogP contribution in [0.5, 0.6) is 0 Å². The number of carboxylic acids is 1. The third-order valence-electron chi connectivity index (χ3n) is 2.85. The second-order valence-corrected chi connectivity index (χ2v) is 8.70. The smallest absolute Gasteiger partial charge is 0.336 e. The second kappa shape index (κ2) is 5.78. The monoisotopic (exact) mass is 389 g/mol. The minimum atomic E-state index is -3.74. The lowest BCUT2D eigenvalue weighted by Crippen LogP contribution is -2.14. The number of thiophene rings is 1. The first-order valence-electron chi connectivity index (χ1n) is 5.83. The molecule has 8 heteroatoms. The van der Waals surface area contributed by atoms with Gasteiger partial charge in [0.2, 0.25) is 0 Å². The number of benzene rings is 1. The number of hydrogen-bond donors (Lipinski definition) is 2. The predicted molar refractivity (Wildman–Crippen MR) is 85.7 cm³/mol. The lowest BCUT2D eigenvalue weighted by molar-refractivity contribution is 0.0696. The van der Waals surface area contributed by atoms with Gasteiger partial charge in [0.25, 0.3) is 10.0 Å². The van der Waals surface area contributed by atoms with Crippen LogP contribution < -0.4 is 4.72 Å². The minimum Gasteiger partial charge on any atom is -0.478 e. The maximum absolute atomic E-state index is 12.3. The Balaban J connectivity index is 2.40. The first-order chi connectivity index (χ1) is 9.70. The molecule has 0 aliphatic rings. The summed E-state index contributed by atoms with van der Waals surface area (Å²) >= 11 is 4.57. The Hall–Kier alpha value is -1.38. The van der Waals surface area contributed by atoms with Gasteiger partial charge >= 0.3 is 5.97 Å². The van der Waals surface area contributed by atoms with Crippen LogP contribution in [0.15, 0.2) is 32.9 Å². The maximum atomic E-state index is 12.3. The van der Waals surface area contributed by atoms with Gasteiger partial charge in [-0.3, -0.25) is 4.72 Å². The molecule has 0 radical (unpaired) electrons. The number of carbonyl (C=O) groups is 1. The van der Waals surface area contributed by atoms with Crippen LogP contribution in [0.2, 0.25) is 0 Å². The molecule has 0 saturated carbocycles. The van der Waals surface area contributed by atoms with Crippen molar-refractivity contribution in [2.45, 2.75) is 18.7 Å². The van der Waals surface area contributed by atoms with Gasteiger partial charge in [-0.25, -0.2) is 13.2 Å². The van der Waals surface area contributed by atoms with E-state index in [1.165, 1.54) is 29.5 Å². The van der Waals surface area contributed by atoms with Gasteiger partial charge in [-0.05, 0) is 53.5 Å². The van der Waals surface area contributed by atoms with Crippen LogP contribution in [-0.4, -0.2) is 19.5 Å². The molecule has 0 unspecified atom stereocenters. The van der Waals surface area contributed by atoms with Crippen molar-refractivity contribution in [1.29, 1.82) is 0 Å². The molecule has 21 heavy (non-hydrogen) atoms. The van der Waals surface area contributed by atoms with E-state index < -0.39 is 16.0 Å². The molecule has 2 rings (SSSR count). The number of sulfonamides is 1. The van der Waals surface area contributed by atoms with Crippen molar-refractivity contribution in [3.05, 3.63) is 44.1 Å². The van der Waals surface area contributed by atoms with Crippen LogP contribution >= 0.6 is 27.3 Å². The molecule has 0 spiro atoms. The summed E-state index contributed by atoms with van der Waals surface area (Å²) in [7, 11) is -3.74. The summed E-state index contributed by atoms with van der Waals surface area (Å²) in [5.74, 6) is -1.09. The quantitative estimate of drug-likeness (QED) is 0.835. The molecule has 2 N–H and O–H groups in total. The van der Waals surface area contributed by atoms with Crippen molar-refractivity contribution in [3.8, 4) is 0 Å². The third kappa shape index (κ3) is 3.45. The summed E-state index contributed by atoms with van der Waals surface area (Å²) in [6.45, 7) is 3.36. The Bertz CT molecular complexity index is 812. The summed E-state index contributed by atoms with van der Waals surface area (Å²) in [5, 5.41) is 9.07. The van der Waals surface area contributed by atoms with Gasteiger partial charge in [-0.1, -0.05) is 6.07 Å². The van der Waals surface area contributed by atoms with E-state index in [0.717, 1.165) is 3.79 Å². The van der Waals surface area contributed by atoms with Crippen molar-refractivity contribution < 1.29 is 18.3 Å². The fourth-order valence-corrected chi connectivity index (χ4v) is 5.29. The number of carboxylic acid groups (broad SMARTS) is 1. The van der Waals surface area contributed by atoms with Crippen molar-refractivity contribution >= 4 is 48.9 Å². The van der Waals surface area contributed by atoms with E-state index in [-0.39, 0.29) is 16.1 Å². The first-order valence-corrected chi connectivity index (χ1v) is 8.92. The number of aromatic carboxylic acids is 1. The van der Waals surface area contributed by atoms with Crippen LogP contribution in [0.1, 0.15) is 20.8 Å². The molecule has 1 aromatic heterocycles. The summed E-state index contributed by atoms with van der Waals surface area (Å²) in [6.07, 6.45) is 0. The summed E-state index contributed by atoms with van der Waals surface area (Å²) in [4.78, 5) is 11.9. The largest absolute Gasteiger partial charge is 0.478 e. The van der Waals surface area contributed by atoms with Gasteiger partial charge in [0.05, 0.1) is 9.35 Å². The Morgan fingerprint density at radius 1 is 1.29 bits per heavy atom. The number of hydrogen-bond acceptors (Lipinski definition) is 4. The molecule has 0 aliphatic carbocycles. The standard InChI is InChI=1S/C13H12BrNO4S2/c1-7-3-4-9(5-10(7)13(16)17)15-21(18,19)11-6-12(14)20-8(11)2/h3-6,15H,1-2H3,(H,16,17). The van der Waals surface area contributed by atoms with E-state index in [2.05, 4.69) is 20.7 Å². The summed E-state index contributed by atoms with van der Waals surface area (Å²) < 4.78 is 27.8. The van der Waals surface area contributed by atoms with E-state index in [4.69, 9.17) is 5.11 Å². The lowest BCUT2D eigenvalue weighted by atomic mass is 10.1. The molecule has 0 aliphatic heterocycles. The normalized spacial score (nSPS) is 11.4. The zero-order valence-corrected chi connectivity index (χ0v) is 14.4. The molecule has 0 fully saturated rings. The SMILES string of the molecule is Cc1ccc(NS(=O)(=O)c2cc(Br)sc2C)cc1C(=O)O. The molecule has 0 saturated heterocycles. The summed E-state index contributed by atoms with van der Waals surface area (Å²) in [6, 6.07) is 5.94. The van der Waals surface area contributed by atoms with Crippen LogP contribution in [0.25, 0.3) is 0 Å². The van der Waals surface area contributed by atoms with E-state index >= 15 is 0 Å². The Kier molecular flexibility index (Phi) is 4.40. The van der Waals surface area contributed by atoms with Crippen LogP contribution in [0.4, 0.5) is 5.69 Å². The second-order valence-electron chi connectivity index (χ2n) is 4.41. The maximum Gasteiger partial charge on any atom is 0.336 e. The fraction of sp³-hybridized carbons (Fsp3) is 0.154. The first kappa shape index (κ1) is 16.0. The highest BCUT2D eigenvalue weighted by atomic mass is 79.9. The molecule has 5 nitrogen and oxygen atoms in total. The molecule has 0 bridgehead atoms. The zero-order valence-electron chi connectivity index (χ0n) is 11.2. The average Bonchev–Trinajstić information content (AvgIpc) is 2.71. The molecular weight excluding hydrogens is 378 g/mol. The van der Waals surface area contributed by atoms with Gasteiger partial charge in [-0.15, -0.1) is 11.3 Å². The number of rotatable bonds is 4. The fourth-order valence-electron chi connectivity index (χ4n) is 1.82. The molecule has 112 valence electrons. The minimum absolute atomic E-state index is 0.0680. The molecular formula is C13H12BrNO4S2. The predicted octanol–water partition coefficient (Wildman–Crippen LogP) is 3.63. The number of aryl methyl sites for hydroxylation is 2. The lowest BCUT2D eigenvalue weighted by Gasteiger charge is -2.09. The average molecular weight is 390 g/mol. The molecule has 1 heterocycles. The van der Waals surface area contributed by atoms with Gasteiger partial charge in [0.15, 0.2) is 0 Å². The topological polar surface area (TPSA) is 83.5 Å². The summed E-state index contributed by atoms with van der Waals surface area (Å²) in [5.41, 5.74) is 0.859. The number of halogens is 1. The number of anilines is 1. The van der Waals surface area contributed by atoms with Crippen molar-refractivity contribution in [1.82, 2.24) is 0 Å². The van der Waals surface area contributed by atoms with Crippen LogP contribution in [0, 0.1) is 13.8 Å². The highest BCUT2D eigenvalue weighted by molar-refractivity contribution is 9.11. The van der Waals surface area contributed by atoms with E-state index in [1.54, 1.807) is 19.9 Å². The zero-order chi connectivity index (χ0) is 15.8. The van der Waals surface area contributed by atoms with Crippen LogP contribution in [0.3, 0.4) is 0 Å². The number of nitrogens with one attached hydrogen (secondary N) is 1. The Morgan fingerprint density at radius 3 is 2.48 bits per heavy atom. The van der Waals surface area contributed by atoms with Gasteiger partial charge < -0.3 is 5.11 Å². The highest BCUT2D eigenvalue weighted by Crippen LogP contribution is 2.31. The van der Waals surface area contributed by atoms with Gasteiger partial charge in [0.1, 0.15) is 4.90 Å². The molecule has 1 aromatic carbocycles. The van der Waals surface area contributed by atoms with E-state index in [9.17, 15) is 13.2 Å². The van der Waals surface area contributed by atoms with E-state index in [1.807, 2.05) is 0 Å². The third-order valence-corrected chi connectivity index (χ3v) is 6.04. The van der Waals surface area contributed by atoms with Crippen molar-refractivity contribution in [2.24, 2.45) is 0 Å². The van der Waals surface area contributed by atoms with Gasteiger partial charge in [-0.2, -0.15) is 0 Å². The van der Waals surface area contributed by atoms with Crippen molar-refractivity contribution in [3.63, 3.8) is 0 Å². The van der Waals surface area contributed by atoms with Gasteiger partial charge in [0, 0.05) is 10.6 Å². The Morgan fingerprint density at radius 2 is 1.95 bits per heavy atom.